The summed E-state index contributed by atoms with van der Waals surface area (Å²) < 4.78 is 0. The van der Waals surface area contributed by atoms with Crippen LogP contribution in [0, 0.1) is 35.5 Å². The summed E-state index contributed by atoms with van der Waals surface area (Å²) in [6.45, 7) is 0. The number of rotatable bonds is 0. The normalized spacial score (nSPS) is 74.4. The minimum atomic E-state index is 1.24. The van der Waals surface area contributed by atoms with Crippen molar-refractivity contribution < 1.29 is 0 Å². The van der Waals surface area contributed by atoms with Gasteiger partial charge in [-0.25, -0.2) is 0 Å². The van der Waals surface area contributed by atoms with Crippen molar-refractivity contribution in [2.45, 2.75) is 25.7 Å². The third-order valence-electron chi connectivity index (χ3n) is 4.82. The Morgan fingerprint density at radius 2 is 0.900 bits per heavy atom. The van der Waals surface area contributed by atoms with E-state index in [-0.39, 0.29) is 0 Å². The van der Waals surface area contributed by atoms with Crippen LogP contribution >= 0.6 is 0 Å². The van der Waals surface area contributed by atoms with Gasteiger partial charge in [0.25, 0.3) is 0 Å². The van der Waals surface area contributed by atoms with Crippen molar-refractivity contribution in [3.05, 3.63) is 0 Å². The van der Waals surface area contributed by atoms with Gasteiger partial charge in [0.15, 0.2) is 0 Å². The topological polar surface area (TPSA) is 0 Å². The molecule has 0 radical (unpaired) electrons. The third kappa shape index (κ3) is 0.360. The molecule has 0 amide bonds. The Balaban J connectivity index is 1.85. The van der Waals surface area contributed by atoms with Gasteiger partial charge in [-0.3, -0.25) is 0 Å². The summed E-state index contributed by atoms with van der Waals surface area (Å²) >= 11 is 0. The SMILES string of the molecule is C1CC2[C@@H]3C[C@@H]3C1[C@@H]1C[C@@H]21. The molecule has 5 rings (SSSR count). The van der Waals surface area contributed by atoms with Crippen molar-refractivity contribution >= 4 is 0 Å². The smallest absolute Gasteiger partial charge is 0.0349 e. The highest BCUT2D eigenvalue weighted by Gasteiger charge is 2.66. The Morgan fingerprint density at radius 1 is 0.500 bits per heavy atom. The van der Waals surface area contributed by atoms with E-state index >= 15 is 0 Å². The largest absolute Gasteiger partial charge is 0.0496 e. The fraction of sp³-hybridized carbons (Fsp3) is 1.00. The van der Waals surface area contributed by atoms with Crippen LogP contribution in [-0.4, -0.2) is 0 Å². The number of hydrogen-bond donors (Lipinski definition) is 0. The van der Waals surface area contributed by atoms with Gasteiger partial charge in [0.05, 0.1) is 0 Å². The van der Waals surface area contributed by atoms with Gasteiger partial charge in [0, 0.05) is 0 Å². The van der Waals surface area contributed by atoms with Crippen molar-refractivity contribution in [1.29, 1.82) is 0 Å². The molecule has 0 aliphatic heterocycles. The maximum absolute atomic E-state index is 1.64. The summed E-state index contributed by atoms with van der Waals surface area (Å²) in [7, 11) is 0. The standard InChI is InChI=1S/C10H14/c1-2-6-9-3-7(9)5(1)8-4-10(6)8/h5-10H,1-4H2/t5?,6?,7-,8-,9-,10+/m0/s1. The molecule has 0 spiro atoms. The minimum Gasteiger partial charge on any atom is -0.0496 e. The van der Waals surface area contributed by atoms with Gasteiger partial charge in [-0.1, -0.05) is 0 Å². The lowest BCUT2D eigenvalue weighted by Gasteiger charge is -2.34. The lowest BCUT2D eigenvalue weighted by molar-refractivity contribution is 0.146. The van der Waals surface area contributed by atoms with Gasteiger partial charge in [0.2, 0.25) is 0 Å². The van der Waals surface area contributed by atoms with Gasteiger partial charge < -0.3 is 0 Å². The fourth-order valence-electron chi connectivity index (χ4n) is 4.32. The highest BCUT2D eigenvalue weighted by molar-refractivity contribution is 5.15. The van der Waals surface area contributed by atoms with Gasteiger partial charge in [-0.15, -0.1) is 0 Å². The summed E-state index contributed by atoms with van der Waals surface area (Å²) in [4.78, 5) is 0. The van der Waals surface area contributed by atoms with Crippen LogP contribution in [0.5, 0.6) is 0 Å². The molecule has 2 unspecified atom stereocenters. The van der Waals surface area contributed by atoms with Crippen LogP contribution in [0.15, 0.2) is 0 Å². The van der Waals surface area contributed by atoms with Crippen LogP contribution in [0.4, 0.5) is 0 Å². The van der Waals surface area contributed by atoms with Crippen molar-refractivity contribution in [3.8, 4) is 0 Å². The molecular weight excluding hydrogens is 120 g/mol. The number of fused-ring (bicyclic) bond motifs is 1. The molecule has 5 aliphatic rings. The first kappa shape index (κ1) is 4.79. The van der Waals surface area contributed by atoms with Crippen LogP contribution in [0.2, 0.25) is 0 Å². The van der Waals surface area contributed by atoms with Gasteiger partial charge in [0.1, 0.15) is 0 Å². The first-order chi connectivity index (χ1) is 4.95. The zero-order chi connectivity index (χ0) is 6.29. The van der Waals surface area contributed by atoms with E-state index in [2.05, 4.69) is 0 Å². The zero-order valence-corrected chi connectivity index (χ0v) is 6.29. The van der Waals surface area contributed by atoms with E-state index in [1.165, 1.54) is 35.5 Å². The summed E-state index contributed by atoms with van der Waals surface area (Å²) in [6.07, 6.45) is 6.52. The maximum Gasteiger partial charge on any atom is -0.0349 e. The Kier molecular flexibility index (Phi) is 0.570. The lowest BCUT2D eigenvalue weighted by atomic mass is 9.71. The molecule has 0 aromatic heterocycles. The molecule has 6 atom stereocenters. The van der Waals surface area contributed by atoms with Crippen LogP contribution in [0.1, 0.15) is 25.7 Å². The molecule has 0 heteroatoms. The fourth-order valence-corrected chi connectivity index (χ4v) is 4.32. The molecule has 5 aliphatic carbocycles. The number of hydrogen-bond acceptors (Lipinski definition) is 0. The van der Waals surface area contributed by atoms with E-state index in [1.807, 2.05) is 0 Å². The van der Waals surface area contributed by atoms with Gasteiger partial charge in [-0.2, -0.15) is 0 Å². The van der Waals surface area contributed by atoms with Crippen LogP contribution in [-0.2, 0) is 0 Å². The molecule has 5 saturated carbocycles. The Morgan fingerprint density at radius 3 is 1.30 bits per heavy atom. The Hall–Kier alpha value is 0. The van der Waals surface area contributed by atoms with Crippen molar-refractivity contribution in [2.75, 3.05) is 0 Å². The molecule has 5 fully saturated rings. The molecule has 0 aromatic rings. The van der Waals surface area contributed by atoms with E-state index < -0.39 is 0 Å². The molecule has 2 bridgehead atoms. The monoisotopic (exact) mass is 134 g/mol. The van der Waals surface area contributed by atoms with E-state index in [9.17, 15) is 0 Å². The predicted molar refractivity (Wildman–Crippen MR) is 39.4 cm³/mol. The van der Waals surface area contributed by atoms with E-state index in [1.54, 1.807) is 25.7 Å². The Bertz CT molecular complexity index is 158. The first-order valence-corrected chi connectivity index (χ1v) is 4.95. The second kappa shape index (κ2) is 1.19. The molecular formula is C10H14. The maximum atomic E-state index is 1.64. The quantitative estimate of drug-likeness (QED) is 0.477. The van der Waals surface area contributed by atoms with Crippen molar-refractivity contribution in [1.82, 2.24) is 0 Å². The molecule has 0 N–H and O–H groups in total. The molecule has 0 aromatic carbocycles. The second-order valence-corrected chi connectivity index (χ2v) is 5.03. The van der Waals surface area contributed by atoms with E-state index in [0.29, 0.717) is 0 Å². The van der Waals surface area contributed by atoms with Crippen LogP contribution in [0.25, 0.3) is 0 Å². The predicted octanol–water partition coefficient (Wildman–Crippen LogP) is 2.30. The molecule has 0 nitrogen and oxygen atoms in total. The summed E-state index contributed by atoms with van der Waals surface area (Å²) in [5.74, 6) is 7.48. The minimum absolute atomic E-state index is 1.24. The van der Waals surface area contributed by atoms with E-state index in [4.69, 9.17) is 0 Å². The molecule has 10 heavy (non-hydrogen) atoms. The third-order valence-corrected chi connectivity index (χ3v) is 4.82. The molecule has 54 valence electrons. The second-order valence-electron chi connectivity index (χ2n) is 5.03. The molecule has 0 saturated heterocycles. The Labute approximate surface area is 62.0 Å². The van der Waals surface area contributed by atoms with Crippen molar-refractivity contribution in [3.63, 3.8) is 0 Å². The van der Waals surface area contributed by atoms with Gasteiger partial charge >= 0.3 is 0 Å². The first-order valence-electron chi connectivity index (χ1n) is 4.95. The highest BCUT2D eigenvalue weighted by atomic mass is 14.7. The zero-order valence-electron chi connectivity index (χ0n) is 6.29. The van der Waals surface area contributed by atoms with E-state index in [0.717, 1.165) is 0 Å². The average Bonchev–Trinajstić information content (AvgIpc) is 2.83. The van der Waals surface area contributed by atoms with Crippen molar-refractivity contribution in [2.24, 2.45) is 35.5 Å². The molecule has 0 heterocycles. The summed E-state index contributed by atoms with van der Waals surface area (Å²) in [6, 6.07) is 0. The van der Waals surface area contributed by atoms with Crippen LogP contribution < -0.4 is 0 Å². The summed E-state index contributed by atoms with van der Waals surface area (Å²) in [5, 5.41) is 0. The average molecular weight is 134 g/mol. The highest BCUT2D eigenvalue weighted by Crippen LogP contribution is 2.73. The van der Waals surface area contributed by atoms with Crippen LogP contribution in [0.3, 0.4) is 0 Å². The van der Waals surface area contributed by atoms with Gasteiger partial charge in [-0.05, 0) is 61.2 Å². The summed E-state index contributed by atoms with van der Waals surface area (Å²) in [5.41, 5.74) is 0. The lowest BCUT2D eigenvalue weighted by Crippen LogP contribution is -2.27.